The van der Waals surface area contributed by atoms with E-state index in [4.69, 9.17) is 4.52 Å². The molecule has 0 aliphatic rings. The highest BCUT2D eigenvalue weighted by atomic mass is 16.5. The molecule has 1 unspecified atom stereocenters. The quantitative estimate of drug-likeness (QED) is 0.764. The van der Waals surface area contributed by atoms with Gasteiger partial charge in [-0.2, -0.15) is 4.98 Å². The Bertz CT molecular complexity index is 678. The lowest BCUT2D eigenvalue weighted by atomic mass is 9.86. The maximum absolute atomic E-state index is 12.3. The Morgan fingerprint density at radius 2 is 1.75 bits per heavy atom. The van der Waals surface area contributed by atoms with Gasteiger partial charge in [0.25, 0.3) is 0 Å². The maximum atomic E-state index is 12.3. The summed E-state index contributed by atoms with van der Waals surface area (Å²) in [4.78, 5) is 16.7. The van der Waals surface area contributed by atoms with Crippen LogP contribution in [0.4, 0.5) is 0 Å². The lowest BCUT2D eigenvalue weighted by Crippen LogP contribution is -2.11. The highest BCUT2D eigenvalue weighted by molar-refractivity contribution is 5.81. The van der Waals surface area contributed by atoms with Crippen LogP contribution in [0.3, 0.4) is 0 Å². The summed E-state index contributed by atoms with van der Waals surface area (Å²) in [5.74, 6) is 1.62. The fraction of sp³-hybridized carbons (Fsp3) is 0.550. The number of hydrogen-bond acceptors (Lipinski definition) is 4. The molecule has 1 heterocycles. The van der Waals surface area contributed by atoms with Gasteiger partial charge in [-0.05, 0) is 16.5 Å². The Hall–Kier alpha value is -1.97. The molecular weight excluding hydrogens is 300 g/mol. The van der Waals surface area contributed by atoms with Crippen LogP contribution in [0.5, 0.6) is 0 Å². The molecule has 0 fully saturated rings. The first-order chi connectivity index (χ1) is 11.2. The van der Waals surface area contributed by atoms with Gasteiger partial charge in [-0.1, -0.05) is 71.0 Å². The Balaban J connectivity index is 1.94. The molecule has 4 heteroatoms. The summed E-state index contributed by atoms with van der Waals surface area (Å²) in [6.45, 7) is 12.6. The minimum absolute atomic E-state index is 0.0497. The van der Waals surface area contributed by atoms with Crippen molar-refractivity contribution in [2.45, 2.75) is 71.6 Å². The van der Waals surface area contributed by atoms with E-state index in [2.05, 4.69) is 43.0 Å². The van der Waals surface area contributed by atoms with Crippen molar-refractivity contribution in [3.05, 3.63) is 47.1 Å². The van der Waals surface area contributed by atoms with E-state index in [1.165, 1.54) is 5.56 Å². The molecule has 24 heavy (non-hydrogen) atoms. The number of ketones is 1. The Morgan fingerprint density at radius 1 is 1.12 bits per heavy atom. The number of carbonyl (C=O) groups excluding carboxylic acids is 1. The molecule has 0 bridgehead atoms. The average Bonchev–Trinajstić information content (AvgIpc) is 2.96. The van der Waals surface area contributed by atoms with Crippen molar-refractivity contribution >= 4 is 5.78 Å². The van der Waals surface area contributed by atoms with E-state index < -0.39 is 0 Å². The molecule has 2 aromatic rings. The summed E-state index contributed by atoms with van der Waals surface area (Å²) in [5, 5.41) is 3.96. The van der Waals surface area contributed by atoms with E-state index in [9.17, 15) is 4.79 Å². The van der Waals surface area contributed by atoms with Crippen LogP contribution in [-0.2, 0) is 16.6 Å². The number of benzene rings is 1. The van der Waals surface area contributed by atoms with Crippen molar-refractivity contribution in [3.63, 3.8) is 0 Å². The summed E-state index contributed by atoms with van der Waals surface area (Å²) in [5.41, 5.74) is 2.45. The zero-order chi connectivity index (χ0) is 17.9. The summed E-state index contributed by atoms with van der Waals surface area (Å²) >= 11 is 0. The molecule has 0 aliphatic carbocycles. The van der Waals surface area contributed by atoms with E-state index in [0.717, 1.165) is 5.56 Å². The van der Waals surface area contributed by atoms with E-state index >= 15 is 0 Å². The van der Waals surface area contributed by atoms with Crippen molar-refractivity contribution in [2.24, 2.45) is 0 Å². The maximum Gasteiger partial charge on any atom is 0.229 e. The van der Waals surface area contributed by atoms with Crippen LogP contribution in [0.2, 0.25) is 0 Å². The van der Waals surface area contributed by atoms with Crippen molar-refractivity contribution in [1.29, 1.82) is 0 Å². The van der Waals surface area contributed by atoms with Crippen molar-refractivity contribution in [1.82, 2.24) is 10.1 Å². The van der Waals surface area contributed by atoms with Crippen LogP contribution in [0.1, 0.15) is 82.6 Å². The second-order valence-corrected chi connectivity index (χ2v) is 7.91. The largest absolute Gasteiger partial charge is 0.339 e. The second kappa shape index (κ2) is 7.29. The third-order valence-corrected chi connectivity index (χ3v) is 4.15. The average molecular weight is 328 g/mol. The Kier molecular flexibility index (Phi) is 5.58. The van der Waals surface area contributed by atoms with Gasteiger partial charge in [-0.15, -0.1) is 0 Å². The third kappa shape index (κ3) is 4.76. The lowest BCUT2D eigenvalue weighted by molar-refractivity contribution is -0.118. The van der Waals surface area contributed by atoms with Crippen LogP contribution in [0.25, 0.3) is 0 Å². The number of rotatable bonds is 6. The van der Waals surface area contributed by atoms with Crippen LogP contribution < -0.4 is 0 Å². The lowest BCUT2D eigenvalue weighted by Gasteiger charge is -2.19. The molecule has 0 N–H and O–H groups in total. The standard InChI is InChI=1S/C20H28N2O2/c1-13(2)18-21-19(24-22-18)14(3)11-17(23)12-15-7-9-16(10-8-15)20(4,5)6/h7-10,13-14H,11-12H2,1-6H3. The molecule has 0 saturated heterocycles. The van der Waals surface area contributed by atoms with Gasteiger partial charge in [0, 0.05) is 24.7 Å². The molecule has 0 aliphatic heterocycles. The zero-order valence-electron chi connectivity index (χ0n) is 15.6. The fourth-order valence-corrected chi connectivity index (χ4v) is 2.53. The monoisotopic (exact) mass is 328 g/mol. The van der Waals surface area contributed by atoms with Crippen molar-refractivity contribution in [3.8, 4) is 0 Å². The number of hydrogen-bond donors (Lipinski definition) is 0. The molecule has 130 valence electrons. The SMILES string of the molecule is CC(C)c1noc(C(C)CC(=O)Cc2ccc(C(C)(C)C)cc2)n1. The van der Waals surface area contributed by atoms with Gasteiger partial charge in [-0.25, -0.2) is 0 Å². The molecule has 1 atom stereocenters. The van der Waals surface area contributed by atoms with E-state index in [-0.39, 0.29) is 23.0 Å². The van der Waals surface area contributed by atoms with Crippen LogP contribution in [0.15, 0.2) is 28.8 Å². The summed E-state index contributed by atoms with van der Waals surface area (Å²) in [7, 11) is 0. The predicted octanol–water partition coefficient (Wildman–Crippen LogP) is 4.80. The first-order valence-corrected chi connectivity index (χ1v) is 8.61. The first-order valence-electron chi connectivity index (χ1n) is 8.61. The molecule has 1 aromatic heterocycles. The highest BCUT2D eigenvalue weighted by Gasteiger charge is 2.19. The van der Waals surface area contributed by atoms with Gasteiger partial charge < -0.3 is 4.52 Å². The molecule has 2 rings (SSSR count). The van der Waals surface area contributed by atoms with Crippen LogP contribution >= 0.6 is 0 Å². The third-order valence-electron chi connectivity index (χ3n) is 4.15. The smallest absolute Gasteiger partial charge is 0.229 e. The highest BCUT2D eigenvalue weighted by Crippen LogP contribution is 2.23. The van der Waals surface area contributed by atoms with Gasteiger partial charge in [0.1, 0.15) is 5.78 Å². The van der Waals surface area contributed by atoms with Crippen LogP contribution in [-0.4, -0.2) is 15.9 Å². The van der Waals surface area contributed by atoms with E-state index in [1.807, 2.05) is 32.9 Å². The van der Waals surface area contributed by atoms with E-state index in [1.54, 1.807) is 0 Å². The number of nitrogens with zero attached hydrogens (tertiary/aromatic N) is 2. The van der Waals surface area contributed by atoms with Gasteiger partial charge in [0.05, 0.1) is 0 Å². The van der Waals surface area contributed by atoms with Gasteiger partial charge in [-0.3, -0.25) is 4.79 Å². The van der Waals surface area contributed by atoms with Gasteiger partial charge in [0.15, 0.2) is 5.82 Å². The van der Waals surface area contributed by atoms with Gasteiger partial charge in [0.2, 0.25) is 5.89 Å². The topological polar surface area (TPSA) is 56.0 Å². The number of aromatic nitrogens is 2. The fourth-order valence-electron chi connectivity index (χ4n) is 2.53. The Morgan fingerprint density at radius 3 is 2.25 bits per heavy atom. The molecule has 0 spiro atoms. The zero-order valence-corrected chi connectivity index (χ0v) is 15.6. The second-order valence-electron chi connectivity index (χ2n) is 7.91. The summed E-state index contributed by atoms with van der Waals surface area (Å²) in [6, 6.07) is 8.32. The Labute approximate surface area is 144 Å². The van der Waals surface area contributed by atoms with Crippen molar-refractivity contribution < 1.29 is 9.32 Å². The molecule has 0 amide bonds. The summed E-state index contributed by atoms with van der Waals surface area (Å²) in [6.07, 6.45) is 0.862. The number of carbonyl (C=O) groups is 1. The minimum atomic E-state index is -0.0497. The molecule has 4 nitrogen and oxygen atoms in total. The predicted molar refractivity (Wildman–Crippen MR) is 95.3 cm³/mol. The summed E-state index contributed by atoms with van der Waals surface area (Å²) < 4.78 is 5.28. The normalized spacial score (nSPS) is 13.3. The van der Waals surface area contributed by atoms with Crippen molar-refractivity contribution in [2.75, 3.05) is 0 Å². The molecule has 0 radical (unpaired) electrons. The molecular formula is C20H28N2O2. The minimum Gasteiger partial charge on any atom is -0.339 e. The van der Waals surface area contributed by atoms with Gasteiger partial charge >= 0.3 is 0 Å². The van der Waals surface area contributed by atoms with Crippen LogP contribution in [0, 0.1) is 0 Å². The molecule has 1 aromatic carbocycles. The first kappa shape index (κ1) is 18.4. The van der Waals surface area contributed by atoms with E-state index in [0.29, 0.717) is 24.6 Å². The number of Topliss-reactive ketones (excluding diaryl/α,β-unsaturated/α-hetero) is 1. The molecule has 0 saturated carbocycles.